The number of piperidine rings is 1. The van der Waals surface area contributed by atoms with E-state index in [-0.39, 0.29) is 11.8 Å². The molecule has 0 saturated carbocycles. The highest BCUT2D eigenvalue weighted by molar-refractivity contribution is 5.78. The zero-order valence-corrected chi connectivity index (χ0v) is 10.5. The van der Waals surface area contributed by atoms with Crippen LogP contribution in [0.25, 0.3) is 0 Å². The molecule has 1 fully saturated rings. The minimum absolute atomic E-state index is 0.159. The van der Waals surface area contributed by atoms with Gasteiger partial charge >= 0.3 is 0 Å². The highest BCUT2D eigenvalue weighted by Crippen LogP contribution is 2.16. The first-order valence-electron chi connectivity index (χ1n) is 6.17. The van der Waals surface area contributed by atoms with Crippen molar-refractivity contribution in [2.24, 2.45) is 5.92 Å². The van der Waals surface area contributed by atoms with Gasteiger partial charge in [0.2, 0.25) is 5.91 Å². The summed E-state index contributed by atoms with van der Waals surface area (Å²) in [5.41, 5.74) is 0. The molecule has 1 aromatic rings. The summed E-state index contributed by atoms with van der Waals surface area (Å²) in [6, 6.07) is 3.82. The molecule has 1 aromatic heterocycles. The van der Waals surface area contributed by atoms with Gasteiger partial charge < -0.3 is 14.6 Å². The second-order valence-electron chi connectivity index (χ2n) is 4.81. The smallest absolute Gasteiger partial charge is 0.223 e. The summed E-state index contributed by atoms with van der Waals surface area (Å²) < 4.78 is 5.42. The maximum atomic E-state index is 11.9. The van der Waals surface area contributed by atoms with Crippen molar-refractivity contribution < 1.29 is 9.21 Å². The molecule has 0 bridgehead atoms. The topological polar surface area (TPSA) is 45.5 Å². The summed E-state index contributed by atoms with van der Waals surface area (Å²) in [5, 5.41) is 2.95. The van der Waals surface area contributed by atoms with Crippen LogP contribution in [0.4, 0.5) is 0 Å². The third-order valence-electron chi connectivity index (χ3n) is 3.32. The fourth-order valence-electron chi connectivity index (χ4n) is 2.17. The Morgan fingerprint density at radius 1 is 1.47 bits per heavy atom. The third kappa shape index (κ3) is 3.33. The quantitative estimate of drug-likeness (QED) is 0.866. The lowest BCUT2D eigenvalue weighted by atomic mass is 9.96. The number of rotatable bonds is 3. The molecule has 0 atom stereocenters. The molecule has 1 aliphatic heterocycles. The van der Waals surface area contributed by atoms with E-state index in [1.165, 1.54) is 0 Å². The Hall–Kier alpha value is -1.29. The number of carbonyl (C=O) groups is 1. The van der Waals surface area contributed by atoms with Crippen molar-refractivity contribution in [2.45, 2.75) is 26.3 Å². The van der Waals surface area contributed by atoms with Gasteiger partial charge in [-0.1, -0.05) is 0 Å². The molecule has 1 saturated heterocycles. The van der Waals surface area contributed by atoms with E-state index in [1.807, 2.05) is 19.1 Å². The standard InChI is InChI=1S/C13H20N2O2/c1-10-3-4-12(17-10)9-14-13(16)11-5-7-15(2)8-6-11/h3-4,11H,5-9H2,1-2H3,(H,14,16). The van der Waals surface area contributed by atoms with Crippen LogP contribution in [-0.2, 0) is 11.3 Å². The number of likely N-dealkylation sites (tertiary alicyclic amines) is 1. The minimum atomic E-state index is 0.159. The summed E-state index contributed by atoms with van der Waals surface area (Å²) in [6.07, 6.45) is 1.92. The highest BCUT2D eigenvalue weighted by Gasteiger charge is 2.23. The van der Waals surface area contributed by atoms with Gasteiger partial charge in [0.15, 0.2) is 0 Å². The van der Waals surface area contributed by atoms with Crippen LogP contribution in [0.1, 0.15) is 24.4 Å². The number of amides is 1. The Morgan fingerprint density at radius 3 is 2.76 bits per heavy atom. The van der Waals surface area contributed by atoms with Gasteiger partial charge in [0.05, 0.1) is 6.54 Å². The lowest BCUT2D eigenvalue weighted by Gasteiger charge is -2.27. The number of furan rings is 1. The van der Waals surface area contributed by atoms with Crippen molar-refractivity contribution >= 4 is 5.91 Å². The molecule has 4 nitrogen and oxygen atoms in total. The molecule has 0 aromatic carbocycles. The van der Waals surface area contributed by atoms with E-state index in [0.717, 1.165) is 37.5 Å². The number of carbonyl (C=O) groups excluding carboxylic acids is 1. The Labute approximate surface area is 102 Å². The predicted octanol–water partition coefficient (Wildman–Crippen LogP) is 1.55. The lowest BCUT2D eigenvalue weighted by molar-refractivity contribution is -0.126. The molecule has 17 heavy (non-hydrogen) atoms. The SMILES string of the molecule is Cc1ccc(CNC(=O)C2CCN(C)CC2)o1. The van der Waals surface area contributed by atoms with E-state index in [9.17, 15) is 4.79 Å². The predicted molar refractivity (Wildman–Crippen MR) is 65.5 cm³/mol. The highest BCUT2D eigenvalue weighted by atomic mass is 16.3. The Bertz CT molecular complexity index is 379. The van der Waals surface area contributed by atoms with Gasteiger partial charge in [0, 0.05) is 5.92 Å². The van der Waals surface area contributed by atoms with E-state index in [4.69, 9.17) is 4.42 Å². The molecule has 1 N–H and O–H groups in total. The summed E-state index contributed by atoms with van der Waals surface area (Å²) in [6.45, 7) is 4.43. The van der Waals surface area contributed by atoms with Crippen molar-refractivity contribution in [3.63, 3.8) is 0 Å². The van der Waals surface area contributed by atoms with Gasteiger partial charge in [-0.3, -0.25) is 4.79 Å². The van der Waals surface area contributed by atoms with E-state index in [2.05, 4.69) is 17.3 Å². The van der Waals surface area contributed by atoms with Gasteiger partial charge in [-0.05, 0) is 52.0 Å². The molecule has 2 heterocycles. The summed E-state index contributed by atoms with van der Waals surface area (Å²) >= 11 is 0. The largest absolute Gasteiger partial charge is 0.465 e. The average Bonchev–Trinajstić information content (AvgIpc) is 2.73. The van der Waals surface area contributed by atoms with E-state index >= 15 is 0 Å². The summed E-state index contributed by atoms with van der Waals surface area (Å²) in [4.78, 5) is 14.2. The van der Waals surface area contributed by atoms with Crippen LogP contribution in [0.5, 0.6) is 0 Å². The minimum Gasteiger partial charge on any atom is -0.465 e. The summed E-state index contributed by atoms with van der Waals surface area (Å²) in [7, 11) is 2.10. The monoisotopic (exact) mass is 236 g/mol. The maximum absolute atomic E-state index is 11.9. The fourth-order valence-corrected chi connectivity index (χ4v) is 2.17. The van der Waals surface area contributed by atoms with Crippen LogP contribution >= 0.6 is 0 Å². The van der Waals surface area contributed by atoms with Crippen LogP contribution in [0.3, 0.4) is 0 Å². The first-order valence-corrected chi connectivity index (χ1v) is 6.17. The van der Waals surface area contributed by atoms with Crippen LogP contribution in [0, 0.1) is 12.8 Å². The first kappa shape index (κ1) is 12.2. The van der Waals surface area contributed by atoms with Crippen molar-refractivity contribution in [1.82, 2.24) is 10.2 Å². The number of nitrogens with one attached hydrogen (secondary N) is 1. The molecular weight excluding hydrogens is 216 g/mol. The molecule has 1 amide bonds. The van der Waals surface area contributed by atoms with Gasteiger partial charge in [0.25, 0.3) is 0 Å². The Balaban J connectivity index is 1.77. The fraction of sp³-hybridized carbons (Fsp3) is 0.615. The molecule has 0 spiro atoms. The average molecular weight is 236 g/mol. The van der Waals surface area contributed by atoms with Gasteiger partial charge in [-0.15, -0.1) is 0 Å². The molecular formula is C13H20N2O2. The first-order chi connectivity index (χ1) is 8.15. The molecule has 0 radical (unpaired) electrons. The van der Waals surface area contributed by atoms with Gasteiger partial charge in [-0.2, -0.15) is 0 Å². The molecule has 2 rings (SSSR count). The van der Waals surface area contributed by atoms with Crippen LogP contribution < -0.4 is 5.32 Å². The zero-order valence-electron chi connectivity index (χ0n) is 10.5. The van der Waals surface area contributed by atoms with Crippen LogP contribution in [0.15, 0.2) is 16.5 Å². The lowest BCUT2D eigenvalue weighted by Crippen LogP contribution is -2.38. The molecule has 0 unspecified atom stereocenters. The molecule has 4 heteroatoms. The van der Waals surface area contributed by atoms with Gasteiger partial charge in [-0.25, -0.2) is 0 Å². The van der Waals surface area contributed by atoms with Crippen molar-refractivity contribution in [2.75, 3.05) is 20.1 Å². The summed E-state index contributed by atoms with van der Waals surface area (Å²) in [5.74, 6) is 2.03. The van der Waals surface area contributed by atoms with Crippen LogP contribution in [0.2, 0.25) is 0 Å². The number of hydrogen-bond donors (Lipinski definition) is 1. The van der Waals surface area contributed by atoms with Crippen LogP contribution in [-0.4, -0.2) is 30.9 Å². The van der Waals surface area contributed by atoms with Crippen molar-refractivity contribution in [3.8, 4) is 0 Å². The van der Waals surface area contributed by atoms with E-state index < -0.39 is 0 Å². The van der Waals surface area contributed by atoms with E-state index in [1.54, 1.807) is 0 Å². The molecule has 1 aliphatic rings. The maximum Gasteiger partial charge on any atom is 0.223 e. The zero-order chi connectivity index (χ0) is 12.3. The molecule has 0 aliphatic carbocycles. The molecule has 94 valence electrons. The number of nitrogens with zero attached hydrogens (tertiary/aromatic N) is 1. The van der Waals surface area contributed by atoms with E-state index in [0.29, 0.717) is 6.54 Å². The Morgan fingerprint density at radius 2 is 2.18 bits per heavy atom. The normalized spacial score (nSPS) is 18.2. The number of hydrogen-bond acceptors (Lipinski definition) is 3. The van der Waals surface area contributed by atoms with Crippen molar-refractivity contribution in [1.29, 1.82) is 0 Å². The second kappa shape index (κ2) is 5.36. The Kier molecular flexibility index (Phi) is 3.84. The third-order valence-corrected chi connectivity index (χ3v) is 3.32. The van der Waals surface area contributed by atoms with Gasteiger partial charge in [0.1, 0.15) is 11.5 Å². The van der Waals surface area contributed by atoms with Crippen molar-refractivity contribution in [3.05, 3.63) is 23.7 Å². The number of aryl methyl sites for hydroxylation is 1. The second-order valence-corrected chi connectivity index (χ2v) is 4.81.